The quantitative estimate of drug-likeness (QED) is 0.874. The van der Waals surface area contributed by atoms with Crippen LogP contribution in [0.1, 0.15) is 18.3 Å². The van der Waals surface area contributed by atoms with E-state index in [0.29, 0.717) is 38.3 Å². The van der Waals surface area contributed by atoms with E-state index in [1.165, 1.54) is 0 Å². The van der Waals surface area contributed by atoms with E-state index in [0.717, 1.165) is 18.2 Å². The van der Waals surface area contributed by atoms with Crippen LogP contribution in [0.15, 0.2) is 24.7 Å². The molecule has 9 heteroatoms. The first-order valence-corrected chi connectivity index (χ1v) is 8.22. The third kappa shape index (κ3) is 3.85. The van der Waals surface area contributed by atoms with Gasteiger partial charge in [0.15, 0.2) is 5.82 Å². The molecule has 0 spiro atoms. The van der Waals surface area contributed by atoms with Gasteiger partial charge in [0, 0.05) is 38.9 Å². The van der Waals surface area contributed by atoms with Gasteiger partial charge in [-0.25, -0.2) is 9.78 Å². The molecule has 1 N–H and O–H groups in total. The zero-order valence-corrected chi connectivity index (χ0v) is 14.1. The normalized spacial score (nSPS) is 14.2. The lowest BCUT2D eigenvalue weighted by Crippen LogP contribution is -2.52. The Morgan fingerprint density at radius 2 is 2.16 bits per heavy atom. The predicted molar refractivity (Wildman–Crippen MR) is 90.7 cm³/mol. The van der Waals surface area contributed by atoms with Gasteiger partial charge in [0.1, 0.15) is 12.1 Å². The Morgan fingerprint density at radius 1 is 1.36 bits per heavy atom. The highest BCUT2D eigenvalue weighted by atomic mass is 16.2. The van der Waals surface area contributed by atoms with Crippen molar-refractivity contribution in [2.24, 2.45) is 0 Å². The highest BCUT2D eigenvalue weighted by molar-refractivity contribution is 5.74. The largest absolute Gasteiger partial charge is 0.353 e. The summed E-state index contributed by atoms with van der Waals surface area (Å²) in [5.74, 6) is 1.52. The van der Waals surface area contributed by atoms with Crippen LogP contribution in [0.4, 0.5) is 10.6 Å². The number of rotatable bonds is 4. The Labute approximate surface area is 145 Å². The van der Waals surface area contributed by atoms with Crippen molar-refractivity contribution in [3.05, 3.63) is 36.0 Å². The Morgan fingerprint density at radius 3 is 2.88 bits per heavy atom. The summed E-state index contributed by atoms with van der Waals surface area (Å²) < 4.78 is 1.89. The summed E-state index contributed by atoms with van der Waals surface area (Å²) in [4.78, 5) is 20.5. The summed E-state index contributed by atoms with van der Waals surface area (Å²) in [5, 5.41) is 19.7. The van der Waals surface area contributed by atoms with Gasteiger partial charge in [0.2, 0.25) is 0 Å². The van der Waals surface area contributed by atoms with Crippen molar-refractivity contribution in [3.8, 4) is 6.07 Å². The number of urea groups is 1. The van der Waals surface area contributed by atoms with Crippen molar-refractivity contribution in [1.29, 1.82) is 5.26 Å². The van der Waals surface area contributed by atoms with E-state index in [1.54, 1.807) is 29.6 Å². The zero-order valence-electron chi connectivity index (χ0n) is 14.1. The fourth-order valence-electron chi connectivity index (χ4n) is 2.75. The number of nitrogens with zero attached hydrogens (tertiary/aromatic N) is 7. The first-order valence-electron chi connectivity index (χ1n) is 8.22. The molecule has 1 fully saturated rings. The van der Waals surface area contributed by atoms with Crippen LogP contribution in [-0.2, 0) is 13.1 Å². The summed E-state index contributed by atoms with van der Waals surface area (Å²) in [6.07, 6.45) is 3.29. The fraction of sp³-hybridized carbons (Fsp3) is 0.438. The van der Waals surface area contributed by atoms with E-state index in [-0.39, 0.29) is 6.03 Å². The molecule has 2 aromatic rings. The molecule has 25 heavy (non-hydrogen) atoms. The van der Waals surface area contributed by atoms with Crippen LogP contribution in [-0.4, -0.2) is 56.9 Å². The maximum Gasteiger partial charge on any atom is 0.317 e. The van der Waals surface area contributed by atoms with E-state index in [4.69, 9.17) is 5.26 Å². The van der Waals surface area contributed by atoms with Gasteiger partial charge >= 0.3 is 6.03 Å². The van der Waals surface area contributed by atoms with E-state index >= 15 is 0 Å². The summed E-state index contributed by atoms with van der Waals surface area (Å²) in [7, 11) is 0. The Kier molecular flexibility index (Phi) is 5.09. The molecule has 0 saturated carbocycles. The molecular weight excluding hydrogens is 320 g/mol. The molecular formula is C16H20N8O. The predicted octanol–water partition coefficient (Wildman–Crippen LogP) is 0.596. The lowest BCUT2D eigenvalue weighted by Gasteiger charge is -2.35. The van der Waals surface area contributed by atoms with E-state index in [1.807, 2.05) is 11.5 Å². The summed E-state index contributed by atoms with van der Waals surface area (Å²) in [6.45, 7) is 5.70. The van der Waals surface area contributed by atoms with Crippen LogP contribution >= 0.6 is 0 Å². The number of carbonyl (C=O) groups is 1. The molecule has 3 rings (SSSR count). The van der Waals surface area contributed by atoms with E-state index in [9.17, 15) is 4.79 Å². The van der Waals surface area contributed by atoms with Gasteiger partial charge in [-0.15, -0.1) is 10.2 Å². The number of hydrogen-bond donors (Lipinski definition) is 1. The van der Waals surface area contributed by atoms with Crippen LogP contribution < -0.4 is 10.2 Å². The number of carbonyl (C=O) groups excluding carboxylic acids is 1. The van der Waals surface area contributed by atoms with Crippen molar-refractivity contribution in [2.75, 3.05) is 31.1 Å². The molecule has 0 radical (unpaired) electrons. The topological polar surface area (TPSA) is 103 Å². The monoisotopic (exact) mass is 340 g/mol. The maximum absolute atomic E-state index is 12.3. The molecule has 0 bridgehead atoms. The van der Waals surface area contributed by atoms with E-state index < -0.39 is 0 Å². The summed E-state index contributed by atoms with van der Waals surface area (Å²) >= 11 is 0. The SMILES string of the molecule is CCn1cnnc1CNC(=O)N1CCN(c2cc(C#N)ccn2)CC1. The number of amides is 2. The third-order valence-corrected chi connectivity index (χ3v) is 4.20. The standard InChI is InChI=1S/C16H20N8O/c1-2-22-12-20-21-15(22)11-19-16(25)24-7-5-23(6-8-24)14-9-13(10-17)3-4-18-14/h3-4,9,12H,2,5-8,11H2,1H3,(H,19,25). The maximum atomic E-state index is 12.3. The number of aromatic nitrogens is 4. The summed E-state index contributed by atoms with van der Waals surface area (Å²) in [6, 6.07) is 5.47. The minimum absolute atomic E-state index is 0.107. The van der Waals surface area contributed by atoms with Gasteiger partial charge in [-0.3, -0.25) is 0 Å². The second kappa shape index (κ2) is 7.61. The number of hydrogen-bond acceptors (Lipinski definition) is 6. The lowest BCUT2D eigenvalue weighted by molar-refractivity contribution is 0.193. The molecule has 0 unspecified atom stereocenters. The molecule has 1 aliphatic heterocycles. The van der Waals surface area contributed by atoms with Crippen molar-refractivity contribution in [1.82, 2.24) is 30.0 Å². The average molecular weight is 340 g/mol. The Hall–Kier alpha value is -3.15. The van der Waals surface area contributed by atoms with Crippen molar-refractivity contribution in [2.45, 2.75) is 20.0 Å². The van der Waals surface area contributed by atoms with Crippen LogP contribution in [0.5, 0.6) is 0 Å². The van der Waals surface area contributed by atoms with Crippen molar-refractivity contribution < 1.29 is 4.79 Å². The molecule has 3 heterocycles. The van der Waals surface area contributed by atoms with Gasteiger partial charge in [0.05, 0.1) is 18.2 Å². The summed E-state index contributed by atoms with van der Waals surface area (Å²) in [5.41, 5.74) is 0.588. The zero-order chi connectivity index (χ0) is 17.6. The Bertz CT molecular complexity index is 772. The molecule has 1 aliphatic rings. The molecule has 130 valence electrons. The minimum Gasteiger partial charge on any atom is -0.353 e. The van der Waals surface area contributed by atoms with Gasteiger partial charge in [-0.2, -0.15) is 5.26 Å². The number of piperazine rings is 1. The second-order valence-corrected chi connectivity index (χ2v) is 5.68. The van der Waals surface area contributed by atoms with Crippen LogP contribution in [0.3, 0.4) is 0 Å². The average Bonchev–Trinajstić information content (AvgIpc) is 3.14. The fourth-order valence-corrected chi connectivity index (χ4v) is 2.75. The molecule has 0 atom stereocenters. The van der Waals surface area contributed by atoms with Crippen LogP contribution in [0.25, 0.3) is 0 Å². The number of aryl methyl sites for hydroxylation is 1. The van der Waals surface area contributed by atoms with Gasteiger partial charge in [0.25, 0.3) is 0 Å². The first-order chi connectivity index (χ1) is 12.2. The molecule has 0 aliphatic carbocycles. The van der Waals surface area contributed by atoms with Gasteiger partial charge in [-0.05, 0) is 19.1 Å². The van der Waals surface area contributed by atoms with Crippen molar-refractivity contribution in [3.63, 3.8) is 0 Å². The highest BCUT2D eigenvalue weighted by Gasteiger charge is 2.22. The number of anilines is 1. The van der Waals surface area contributed by atoms with Crippen LogP contribution in [0, 0.1) is 11.3 Å². The molecule has 2 aromatic heterocycles. The highest BCUT2D eigenvalue weighted by Crippen LogP contribution is 2.14. The third-order valence-electron chi connectivity index (χ3n) is 4.20. The smallest absolute Gasteiger partial charge is 0.317 e. The molecule has 0 aromatic carbocycles. The number of nitrogens with one attached hydrogen (secondary N) is 1. The molecule has 9 nitrogen and oxygen atoms in total. The minimum atomic E-state index is -0.107. The van der Waals surface area contributed by atoms with E-state index in [2.05, 4.69) is 31.5 Å². The molecule has 1 saturated heterocycles. The first kappa shape index (κ1) is 16.7. The Balaban J connectivity index is 1.51. The number of nitriles is 1. The molecule has 2 amide bonds. The number of pyridine rings is 1. The van der Waals surface area contributed by atoms with Gasteiger partial charge < -0.3 is 19.7 Å². The van der Waals surface area contributed by atoms with Crippen LogP contribution in [0.2, 0.25) is 0 Å². The van der Waals surface area contributed by atoms with Gasteiger partial charge in [-0.1, -0.05) is 0 Å². The second-order valence-electron chi connectivity index (χ2n) is 5.68. The van der Waals surface area contributed by atoms with Crippen molar-refractivity contribution >= 4 is 11.8 Å². The lowest BCUT2D eigenvalue weighted by atomic mass is 10.2.